The highest BCUT2D eigenvalue weighted by molar-refractivity contribution is 8.70. The number of aliphatic carboxylic acids is 1. The predicted octanol–water partition coefficient (Wildman–Crippen LogP) is -0.718. The van der Waals surface area contributed by atoms with Gasteiger partial charge in [-0.25, -0.2) is 4.79 Å². The summed E-state index contributed by atoms with van der Waals surface area (Å²) in [5, 5.41) is 8.28. The molecular weight excluding hydrogens is 194 g/mol. The van der Waals surface area contributed by atoms with Gasteiger partial charge in [-0.2, -0.15) is 8.42 Å². The van der Waals surface area contributed by atoms with Crippen LogP contribution in [0.3, 0.4) is 0 Å². The van der Waals surface area contributed by atoms with Crippen LogP contribution < -0.4 is 5.73 Å². The van der Waals surface area contributed by atoms with E-state index < -0.39 is 20.0 Å². The van der Waals surface area contributed by atoms with Gasteiger partial charge in [-0.3, -0.25) is 4.55 Å². The Balaban J connectivity index is 4.51. The molecule has 6 nitrogen and oxygen atoms in total. The van der Waals surface area contributed by atoms with Crippen molar-refractivity contribution >= 4 is 25.9 Å². The molecule has 0 aromatic carbocycles. The Hall–Kier alpha value is -0.310. The molecule has 11 heavy (non-hydrogen) atoms. The van der Waals surface area contributed by atoms with Crippen molar-refractivity contribution in [2.45, 2.75) is 11.8 Å². The molecule has 1 atom stereocenters. The Morgan fingerprint density at radius 3 is 2.09 bits per heavy atom. The van der Waals surface area contributed by atoms with E-state index in [1.807, 2.05) is 0 Å². The van der Waals surface area contributed by atoms with Crippen LogP contribution >= 0.6 is 10.8 Å². The highest BCUT2D eigenvalue weighted by atomic mass is 33.1. The summed E-state index contributed by atoms with van der Waals surface area (Å²) < 4.78 is 28.4. The second-order valence-electron chi connectivity index (χ2n) is 1.92. The minimum atomic E-state index is -4.42. The molecule has 0 aromatic heterocycles. The van der Waals surface area contributed by atoms with Crippen molar-refractivity contribution < 1.29 is 22.9 Å². The molecule has 0 aliphatic rings. The SMILES string of the molecule is CC(N)(SS(=O)(=O)O)C(=O)O. The normalized spacial score (nSPS) is 17.4. The quantitative estimate of drug-likeness (QED) is 0.313. The number of nitrogens with two attached hydrogens (primary N) is 1. The van der Waals surface area contributed by atoms with Crippen LogP contribution in [0.25, 0.3) is 0 Å². The van der Waals surface area contributed by atoms with Crippen molar-refractivity contribution in [3.05, 3.63) is 0 Å². The van der Waals surface area contributed by atoms with Crippen molar-refractivity contribution in [2.75, 3.05) is 0 Å². The molecule has 4 N–H and O–H groups in total. The lowest BCUT2D eigenvalue weighted by atomic mass is 10.4. The van der Waals surface area contributed by atoms with E-state index in [1.165, 1.54) is 0 Å². The maximum atomic E-state index is 10.2. The number of rotatable bonds is 3. The number of carboxylic acid groups (broad SMARTS) is 1. The summed E-state index contributed by atoms with van der Waals surface area (Å²) in [5.41, 5.74) is 4.97. The van der Waals surface area contributed by atoms with Crippen LogP contribution in [-0.4, -0.2) is 28.9 Å². The zero-order valence-corrected chi connectivity index (χ0v) is 7.15. The zero-order valence-electron chi connectivity index (χ0n) is 5.51. The van der Waals surface area contributed by atoms with Gasteiger partial charge in [0.15, 0.2) is 4.87 Å². The third-order valence-electron chi connectivity index (χ3n) is 0.703. The maximum absolute atomic E-state index is 10.2. The second kappa shape index (κ2) is 2.97. The largest absolute Gasteiger partial charge is 0.479 e. The van der Waals surface area contributed by atoms with Gasteiger partial charge in [0.2, 0.25) is 0 Å². The third-order valence-corrected chi connectivity index (χ3v) is 3.11. The molecule has 0 spiro atoms. The fourth-order valence-electron chi connectivity index (χ4n) is 0.254. The van der Waals surface area contributed by atoms with Crippen molar-refractivity contribution in [1.29, 1.82) is 0 Å². The fourth-order valence-corrected chi connectivity index (χ4v) is 2.29. The molecule has 0 aliphatic heterocycles. The molecule has 0 aliphatic carbocycles. The first-order chi connectivity index (χ1) is 4.65. The number of carbonyl (C=O) groups is 1. The first-order valence-corrected chi connectivity index (χ1v) is 5.13. The van der Waals surface area contributed by atoms with E-state index in [0.717, 1.165) is 6.92 Å². The van der Waals surface area contributed by atoms with Crippen LogP contribution in [0, 0.1) is 0 Å². The summed E-state index contributed by atoms with van der Waals surface area (Å²) in [7, 11) is -4.64. The van der Waals surface area contributed by atoms with Crippen molar-refractivity contribution in [2.24, 2.45) is 5.73 Å². The Bertz CT molecular complexity index is 255. The summed E-state index contributed by atoms with van der Waals surface area (Å²) in [6.07, 6.45) is 0. The molecule has 1 unspecified atom stereocenters. The molecule has 0 saturated heterocycles. The van der Waals surface area contributed by atoms with Crippen molar-refractivity contribution in [1.82, 2.24) is 0 Å². The lowest BCUT2D eigenvalue weighted by Gasteiger charge is -2.14. The number of hydrogen-bond donors (Lipinski definition) is 3. The van der Waals surface area contributed by atoms with Gasteiger partial charge >= 0.3 is 15.1 Å². The van der Waals surface area contributed by atoms with E-state index >= 15 is 0 Å². The average Bonchev–Trinajstić information content (AvgIpc) is 1.56. The lowest BCUT2D eigenvalue weighted by Crippen LogP contribution is -2.42. The highest BCUT2D eigenvalue weighted by Gasteiger charge is 2.34. The van der Waals surface area contributed by atoms with Crippen LogP contribution in [-0.2, 0) is 13.9 Å². The molecule has 0 radical (unpaired) electrons. The average molecular weight is 201 g/mol. The molecule has 0 amide bonds. The molecule has 0 saturated carbocycles. The van der Waals surface area contributed by atoms with E-state index in [2.05, 4.69) is 0 Å². The van der Waals surface area contributed by atoms with Gasteiger partial charge in [-0.15, -0.1) is 0 Å². The van der Waals surface area contributed by atoms with E-state index in [9.17, 15) is 13.2 Å². The van der Waals surface area contributed by atoms with Crippen LogP contribution in [0.15, 0.2) is 0 Å². The Morgan fingerprint density at radius 1 is 1.64 bits per heavy atom. The Morgan fingerprint density at radius 2 is 2.00 bits per heavy atom. The summed E-state index contributed by atoms with van der Waals surface area (Å²) in [4.78, 5) is 8.16. The van der Waals surface area contributed by atoms with Crippen LogP contribution in [0.5, 0.6) is 0 Å². The molecule has 0 aromatic rings. The minimum Gasteiger partial charge on any atom is -0.479 e. The number of carboxylic acids is 1. The molecule has 0 fully saturated rings. The minimum absolute atomic E-state index is 0.227. The highest BCUT2D eigenvalue weighted by Crippen LogP contribution is 2.23. The lowest BCUT2D eigenvalue weighted by molar-refractivity contribution is -0.139. The van der Waals surface area contributed by atoms with Crippen LogP contribution in [0.4, 0.5) is 0 Å². The summed E-state index contributed by atoms with van der Waals surface area (Å²) in [6, 6.07) is 0. The maximum Gasteiger partial charge on any atom is 0.335 e. The topological polar surface area (TPSA) is 118 Å². The van der Waals surface area contributed by atoms with Crippen LogP contribution in [0.2, 0.25) is 0 Å². The Labute approximate surface area is 66.9 Å². The molecule has 0 rings (SSSR count). The standard InChI is InChI=1S/C3H7NO5S2/c1-3(4,2(5)6)10-11(7,8)9/h4H2,1H3,(H,5,6)(H,7,8,9). The van der Waals surface area contributed by atoms with Gasteiger partial charge in [0.25, 0.3) is 0 Å². The van der Waals surface area contributed by atoms with Gasteiger partial charge in [-0.1, -0.05) is 0 Å². The van der Waals surface area contributed by atoms with Crippen LogP contribution in [0.1, 0.15) is 6.92 Å². The molecule has 66 valence electrons. The molecule has 8 heteroatoms. The van der Waals surface area contributed by atoms with E-state index in [0.29, 0.717) is 0 Å². The monoisotopic (exact) mass is 201 g/mol. The van der Waals surface area contributed by atoms with Gasteiger partial charge < -0.3 is 10.8 Å². The third kappa shape index (κ3) is 4.19. The zero-order chi connectivity index (χ0) is 9.28. The Kier molecular flexibility index (Phi) is 2.89. The smallest absolute Gasteiger partial charge is 0.335 e. The molecule has 0 bridgehead atoms. The van der Waals surface area contributed by atoms with E-state index in [4.69, 9.17) is 15.4 Å². The first kappa shape index (κ1) is 10.7. The van der Waals surface area contributed by atoms with Gasteiger partial charge in [0.1, 0.15) is 0 Å². The van der Waals surface area contributed by atoms with Crippen molar-refractivity contribution in [3.63, 3.8) is 0 Å². The summed E-state index contributed by atoms with van der Waals surface area (Å²) in [6.45, 7) is 0.966. The number of hydrogen-bond acceptors (Lipinski definition) is 5. The summed E-state index contributed by atoms with van der Waals surface area (Å²) >= 11 is 0. The van der Waals surface area contributed by atoms with E-state index in [-0.39, 0.29) is 10.8 Å². The fraction of sp³-hybridized carbons (Fsp3) is 0.667. The predicted molar refractivity (Wildman–Crippen MR) is 39.4 cm³/mol. The molecule has 0 heterocycles. The second-order valence-corrected chi connectivity index (χ2v) is 5.56. The van der Waals surface area contributed by atoms with Gasteiger partial charge in [-0.05, 0) is 6.92 Å². The summed E-state index contributed by atoms with van der Waals surface area (Å²) in [5.74, 6) is -1.51. The van der Waals surface area contributed by atoms with Gasteiger partial charge in [0.05, 0.1) is 0 Å². The molecular formula is C3H7NO5S2. The van der Waals surface area contributed by atoms with Crippen molar-refractivity contribution in [3.8, 4) is 0 Å². The van der Waals surface area contributed by atoms with E-state index in [1.54, 1.807) is 0 Å². The van der Waals surface area contributed by atoms with Gasteiger partial charge in [0, 0.05) is 10.8 Å². The first-order valence-electron chi connectivity index (χ1n) is 2.35.